The number of benzene rings is 1. The van der Waals surface area contributed by atoms with Gasteiger partial charge in [-0.2, -0.15) is 5.10 Å². The molecule has 1 aromatic carbocycles. The number of nitro benzene ring substituents is 1. The molecule has 1 N–H and O–H groups in total. The zero-order valence-electron chi connectivity index (χ0n) is 18.6. The zero-order valence-corrected chi connectivity index (χ0v) is 18.6. The minimum Gasteiger partial charge on any atom is -0.347 e. The number of aryl methyl sites for hydroxylation is 2. The van der Waals surface area contributed by atoms with E-state index in [2.05, 4.69) is 25.4 Å². The molecule has 9 heteroatoms. The first-order valence-corrected chi connectivity index (χ1v) is 10.1. The van der Waals surface area contributed by atoms with Gasteiger partial charge in [-0.25, -0.2) is 9.97 Å². The lowest BCUT2D eigenvalue weighted by Gasteiger charge is -2.10. The van der Waals surface area contributed by atoms with E-state index in [9.17, 15) is 10.1 Å². The molecule has 0 amide bonds. The summed E-state index contributed by atoms with van der Waals surface area (Å²) in [5, 5.41) is 19.4. The molecule has 31 heavy (non-hydrogen) atoms. The summed E-state index contributed by atoms with van der Waals surface area (Å²) in [5.74, 6) is 0.505. The standard InChI is InChI=1S/C18H15N7O2.2C2H6/c1-11-4-3-5-15(25(26)27)17(11)23-12-6-20-18(21-7-12)14-8-19-10-16-13(14)9-22-24(16)2;2*1-2/h3-10,23H,1-2H3;2*1-2H3. The Labute approximate surface area is 181 Å². The third kappa shape index (κ3) is 5.00. The van der Waals surface area contributed by atoms with E-state index in [0.29, 0.717) is 17.2 Å². The first kappa shape index (κ1) is 23.4. The van der Waals surface area contributed by atoms with E-state index in [0.717, 1.165) is 22.0 Å². The molecule has 0 aliphatic rings. The van der Waals surface area contributed by atoms with Crippen molar-refractivity contribution in [3.05, 3.63) is 64.9 Å². The fourth-order valence-corrected chi connectivity index (χ4v) is 2.88. The fourth-order valence-electron chi connectivity index (χ4n) is 2.88. The van der Waals surface area contributed by atoms with Gasteiger partial charge in [-0.15, -0.1) is 0 Å². The van der Waals surface area contributed by atoms with Crippen LogP contribution in [0.25, 0.3) is 22.3 Å². The molecule has 0 radical (unpaired) electrons. The second kappa shape index (κ2) is 10.8. The van der Waals surface area contributed by atoms with Crippen LogP contribution in [-0.2, 0) is 7.05 Å². The molecule has 0 unspecified atom stereocenters. The highest BCUT2D eigenvalue weighted by atomic mass is 16.6. The lowest BCUT2D eigenvalue weighted by Crippen LogP contribution is -2.00. The number of aromatic nitrogens is 5. The summed E-state index contributed by atoms with van der Waals surface area (Å²) in [7, 11) is 1.84. The lowest BCUT2D eigenvalue weighted by molar-refractivity contribution is -0.384. The van der Waals surface area contributed by atoms with Gasteiger partial charge in [0.15, 0.2) is 5.82 Å². The Morgan fingerprint density at radius 3 is 2.32 bits per heavy atom. The van der Waals surface area contributed by atoms with Crippen LogP contribution in [0.1, 0.15) is 33.3 Å². The van der Waals surface area contributed by atoms with Gasteiger partial charge in [0.25, 0.3) is 5.69 Å². The molecule has 3 heterocycles. The van der Waals surface area contributed by atoms with E-state index in [1.165, 1.54) is 6.07 Å². The summed E-state index contributed by atoms with van der Waals surface area (Å²) < 4.78 is 1.74. The van der Waals surface area contributed by atoms with Crippen molar-refractivity contribution in [3.63, 3.8) is 0 Å². The Bertz CT molecular complexity index is 1150. The van der Waals surface area contributed by atoms with Gasteiger partial charge in [-0.05, 0) is 12.5 Å². The Kier molecular flexibility index (Phi) is 8.13. The number of nitrogens with zero attached hydrogens (tertiary/aromatic N) is 6. The maximum atomic E-state index is 11.2. The van der Waals surface area contributed by atoms with Crippen molar-refractivity contribution in [2.75, 3.05) is 5.32 Å². The summed E-state index contributed by atoms with van der Waals surface area (Å²) in [6.07, 6.45) is 8.36. The van der Waals surface area contributed by atoms with Gasteiger partial charge in [0.2, 0.25) is 0 Å². The molecule has 0 saturated heterocycles. The van der Waals surface area contributed by atoms with Crippen molar-refractivity contribution in [2.45, 2.75) is 34.6 Å². The number of fused-ring (bicyclic) bond motifs is 1. The number of rotatable bonds is 4. The number of hydrogen-bond acceptors (Lipinski definition) is 7. The van der Waals surface area contributed by atoms with Gasteiger partial charge in [0.05, 0.1) is 40.9 Å². The van der Waals surface area contributed by atoms with Crippen molar-refractivity contribution in [3.8, 4) is 11.4 Å². The van der Waals surface area contributed by atoms with Crippen LogP contribution >= 0.6 is 0 Å². The average Bonchev–Trinajstić information content (AvgIpc) is 3.19. The minimum atomic E-state index is -0.417. The van der Waals surface area contributed by atoms with Crippen molar-refractivity contribution < 1.29 is 4.92 Å². The van der Waals surface area contributed by atoms with E-state index in [4.69, 9.17) is 0 Å². The largest absolute Gasteiger partial charge is 0.347 e. The molecule has 0 aliphatic heterocycles. The van der Waals surface area contributed by atoms with Gasteiger partial charge in [0, 0.05) is 30.3 Å². The van der Waals surface area contributed by atoms with E-state index < -0.39 is 4.92 Å². The summed E-state index contributed by atoms with van der Waals surface area (Å²) in [4.78, 5) is 23.8. The van der Waals surface area contributed by atoms with E-state index in [1.807, 2.05) is 34.7 Å². The first-order valence-electron chi connectivity index (χ1n) is 10.1. The molecule has 4 rings (SSSR count). The van der Waals surface area contributed by atoms with Crippen LogP contribution in [-0.4, -0.2) is 29.7 Å². The van der Waals surface area contributed by atoms with Crippen molar-refractivity contribution in [1.29, 1.82) is 0 Å². The van der Waals surface area contributed by atoms with Gasteiger partial charge < -0.3 is 5.32 Å². The Balaban J connectivity index is 0.000000807. The molecular weight excluding hydrogens is 394 g/mol. The Morgan fingerprint density at radius 1 is 1.00 bits per heavy atom. The topological polar surface area (TPSA) is 112 Å². The first-order chi connectivity index (χ1) is 15.0. The van der Waals surface area contributed by atoms with E-state index in [-0.39, 0.29) is 5.69 Å². The average molecular weight is 422 g/mol. The zero-order chi connectivity index (χ0) is 23.0. The molecule has 0 fully saturated rings. The molecule has 9 nitrogen and oxygen atoms in total. The van der Waals surface area contributed by atoms with Gasteiger partial charge in [-0.1, -0.05) is 39.8 Å². The van der Waals surface area contributed by atoms with Crippen LogP contribution in [0.15, 0.2) is 49.2 Å². The van der Waals surface area contributed by atoms with Crippen molar-refractivity contribution in [1.82, 2.24) is 24.7 Å². The summed E-state index contributed by atoms with van der Waals surface area (Å²) in [5.41, 5.74) is 3.40. The van der Waals surface area contributed by atoms with Gasteiger partial charge in [0.1, 0.15) is 5.69 Å². The van der Waals surface area contributed by atoms with Crippen LogP contribution in [0.5, 0.6) is 0 Å². The number of nitro groups is 1. The summed E-state index contributed by atoms with van der Waals surface area (Å²) in [6.45, 7) is 9.80. The molecule has 0 bridgehead atoms. The van der Waals surface area contributed by atoms with Gasteiger partial charge >= 0.3 is 0 Å². The number of para-hydroxylation sites is 1. The Morgan fingerprint density at radius 2 is 1.68 bits per heavy atom. The minimum absolute atomic E-state index is 0.00315. The molecule has 0 aliphatic carbocycles. The van der Waals surface area contributed by atoms with Crippen LogP contribution in [0.4, 0.5) is 17.1 Å². The molecule has 4 aromatic rings. The van der Waals surface area contributed by atoms with Crippen LogP contribution in [0, 0.1) is 17.0 Å². The van der Waals surface area contributed by atoms with Crippen LogP contribution in [0.2, 0.25) is 0 Å². The number of anilines is 2. The van der Waals surface area contributed by atoms with Crippen molar-refractivity contribution in [2.24, 2.45) is 7.05 Å². The fraction of sp³-hybridized carbons (Fsp3) is 0.273. The predicted molar refractivity (Wildman–Crippen MR) is 123 cm³/mol. The van der Waals surface area contributed by atoms with Crippen molar-refractivity contribution >= 4 is 28.0 Å². The SMILES string of the molecule is CC.CC.Cc1cccc([N+](=O)[O-])c1Nc1cnc(-c2cncc3c2cnn3C)nc1. The monoisotopic (exact) mass is 421 g/mol. The second-order valence-electron chi connectivity index (χ2n) is 6.03. The highest BCUT2D eigenvalue weighted by Gasteiger charge is 2.16. The second-order valence-corrected chi connectivity index (χ2v) is 6.03. The van der Waals surface area contributed by atoms with E-state index >= 15 is 0 Å². The number of pyridine rings is 1. The van der Waals surface area contributed by atoms with Crippen LogP contribution < -0.4 is 5.32 Å². The summed E-state index contributed by atoms with van der Waals surface area (Å²) in [6, 6.07) is 4.92. The normalized spacial score (nSPS) is 9.87. The van der Waals surface area contributed by atoms with Gasteiger partial charge in [-0.3, -0.25) is 19.8 Å². The quantitative estimate of drug-likeness (QED) is 0.345. The third-order valence-electron chi connectivity index (χ3n) is 4.28. The Hall–Kier alpha value is -3.88. The smallest absolute Gasteiger partial charge is 0.292 e. The molecule has 0 spiro atoms. The molecule has 3 aromatic heterocycles. The van der Waals surface area contributed by atoms with E-state index in [1.54, 1.807) is 54.7 Å². The molecule has 0 saturated carbocycles. The number of hydrogen-bond donors (Lipinski definition) is 1. The highest BCUT2D eigenvalue weighted by Crippen LogP contribution is 2.31. The predicted octanol–water partition coefficient (Wildman–Crippen LogP) is 5.44. The molecule has 0 atom stereocenters. The highest BCUT2D eigenvalue weighted by molar-refractivity contribution is 5.91. The maximum absolute atomic E-state index is 11.2. The lowest BCUT2D eigenvalue weighted by atomic mass is 10.1. The van der Waals surface area contributed by atoms with Crippen LogP contribution in [0.3, 0.4) is 0 Å². The summed E-state index contributed by atoms with van der Waals surface area (Å²) >= 11 is 0. The third-order valence-corrected chi connectivity index (χ3v) is 4.28. The molecule has 162 valence electrons. The number of nitrogens with one attached hydrogen (secondary N) is 1. The molecular formula is C22H27N7O2. The maximum Gasteiger partial charge on any atom is 0.292 e.